The summed E-state index contributed by atoms with van der Waals surface area (Å²) in [6.45, 7) is 0.622. The molecule has 130 valence electrons. The first-order valence-electron chi connectivity index (χ1n) is 8.14. The van der Waals surface area contributed by atoms with Crippen LogP contribution in [0.15, 0.2) is 61.1 Å². The predicted molar refractivity (Wildman–Crippen MR) is 100 cm³/mol. The van der Waals surface area contributed by atoms with E-state index in [-0.39, 0.29) is 5.82 Å². The van der Waals surface area contributed by atoms with Crippen molar-refractivity contribution in [1.82, 2.24) is 19.5 Å². The fraction of sp³-hybridized carbons (Fsp3) is 0.105. The third-order valence-corrected chi connectivity index (χ3v) is 4.28. The van der Waals surface area contributed by atoms with Crippen LogP contribution in [0.3, 0.4) is 0 Å². The minimum atomic E-state index is -0.236. The van der Waals surface area contributed by atoms with Crippen LogP contribution in [0.1, 0.15) is 5.56 Å². The van der Waals surface area contributed by atoms with Crippen LogP contribution in [0.25, 0.3) is 16.9 Å². The second kappa shape index (κ2) is 7.09. The summed E-state index contributed by atoms with van der Waals surface area (Å²) in [5, 5.41) is 3.62. The van der Waals surface area contributed by atoms with E-state index >= 15 is 0 Å². The molecular weight excluding hydrogens is 353 g/mol. The molecule has 0 saturated carbocycles. The van der Waals surface area contributed by atoms with Crippen molar-refractivity contribution in [3.05, 3.63) is 77.5 Å². The van der Waals surface area contributed by atoms with Gasteiger partial charge in [0.05, 0.1) is 17.2 Å². The number of para-hydroxylation sites is 2. The van der Waals surface area contributed by atoms with Crippen LogP contribution in [0, 0.1) is 5.82 Å². The van der Waals surface area contributed by atoms with Gasteiger partial charge in [-0.3, -0.25) is 4.57 Å². The molecule has 0 spiro atoms. The Balaban J connectivity index is 1.53. The number of aromatic nitrogens is 4. The fourth-order valence-corrected chi connectivity index (χ4v) is 2.89. The Labute approximate surface area is 154 Å². The van der Waals surface area contributed by atoms with E-state index in [0.717, 1.165) is 23.0 Å². The molecule has 2 aromatic carbocycles. The lowest BCUT2D eigenvalue weighted by Crippen LogP contribution is -2.10. The van der Waals surface area contributed by atoms with E-state index in [9.17, 15) is 4.39 Å². The molecule has 0 saturated heterocycles. The summed E-state index contributed by atoms with van der Waals surface area (Å²) in [5.41, 5.74) is 2.83. The molecule has 4 aromatic rings. The molecule has 0 unspecified atom stereocenters. The lowest BCUT2D eigenvalue weighted by atomic mass is 10.1. The third kappa shape index (κ3) is 3.36. The summed E-state index contributed by atoms with van der Waals surface area (Å²) in [6.07, 6.45) is 4.00. The fourth-order valence-electron chi connectivity index (χ4n) is 2.71. The second-order valence-corrected chi connectivity index (χ2v) is 6.18. The molecule has 26 heavy (non-hydrogen) atoms. The second-order valence-electron chi connectivity index (χ2n) is 5.77. The minimum absolute atomic E-state index is 0.236. The molecule has 0 atom stereocenters. The predicted octanol–water partition coefficient (Wildman–Crippen LogP) is 4.26. The monoisotopic (exact) mass is 367 g/mol. The highest BCUT2D eigenvalue weighted by Crippen LogP contribution is 2.23. The Kier molecular flexibility index (Phi) is 4.50. The topological polar surface area (TPSA) is 55.6 Å². The maximum Gasteiger partial charge on any atom is 0.224 e. The Bertz CT molecular complexity index is 1050. The van der Waals surface area contributed by atoms with Crippen molar-refractivity contribution in [3.8, 4) is 5.82 Å². The van der Waals surface area contributed by atoms with E-state index in [1.165, 1.54) is 12.1 Å². The number of halogens is 2. The van der Waals surface area contributed by atoms with Crippen LogP contribution in [0.4, 0.5) is 10.3 Å². The van der Waals surface area contributed by atoms with E-state index in [0.29, 0.717) is 23.3 Å². The molecule has 0 fully saturated rings. The van der Waals surface area contributed by atoms with Crippen LogP contribution < -0.4 is 5.32 Å². The van der Waals surface area contributed by atoms with Gasteiger partial charge in [-0.25, -0.2) is 14.4 Å². The molecule has 4 rings (SSSR count). The van der Waals surface area contributed by atoms with E-state index < -0.39 is 0 Å². The van der Waals surface area contributed by atoms with Gasteiger partial charge >= 0.3 is 0 Å². The van der Waals surface area contributed by atoms with Gasteiger partial charge in [-0.15, -0.1) is 0 Å². The number of hydrogen-bond donors (Lipinski definition) is 1. The van der Waals surface area contributed by atoms with Gasteiger partial charge in [0.25, 0.3) is 0 Å². The number of anilines is 1. The van der Waals surface area contributed by atoms with Crippen molar-refractivity contribution in [2.24, 2.45) is 0 Å². The van der Waals surface area contributed by atoms with Gasteiger partial charge in [0.2, 0.25) is 5.95 Å². The van der Waals surface area contributed by atoms with E-state index in [2.05, 4.69) is 20.3 Å². The molecule has 0 amide bonds. The summed E-state index contributed by atoms with van der Waals surface area (Å²) >= 11 is 6.30. The molecule has 1 N–H and O–H groups in total. The summed E-state index contributed by atoms with van der Waals surface area (Å²) in [4.78, 5) is 13.1. The highest BCUT2D eigenvalue weighted by molar-refractivity contribution is 6.32. The maximum atomic E-state index is 12.9. The van der Waals surface area contributed by atoms with Crippen molar-refractivity contribution in [2.75, 3.05) is 11.9 Å². The van der Waals surface area contributed by atoms with Crippen LogP contribution in [0.2, 0.25) is 5.02 Å². The number of imidazole rings is 1. The average Bonchev–Trinajstić information content (AvgIpc) is 3.09. The number of rotatable bonds is 5. The number of nitrogens with one attached hydrogen (secondary N) is 1. The lowest BCUT2D eigenvalue weighted by molar-refractivity contribution is 0.627. The zero-order valence-electron chi connectivity index (χ0n) is 13.7. The van der Waals surface area contributed by atoms with Gasteiger partial charge in [-0.05, 0) is 36.2 Å². The molecule has 2 heterocycles. The van der Waals surface area contributed by atoms with Crippen LogP contribution in [-0.2, 0) is 6.42 Å². The summed E-state index contributed by atoms with van der Waals surface area (Å²) in [6, 6.07) is 14.2. The zero-order valence-corrected chi connectivity index (χ0v) is 14.5. The Morgan fingerprint density at radius 1 is 1.04 bits per heavy atom. The maximum absolute atomic E-state index is 12.9. The Morgan fingerprint density at radius 2 is 1.85 bits per heavy atom. The Hall–Kier alpha value is -2.99. The van der Waals surface area contributed by atoms with Crippen molar-refractivity contribution < 1.29 is 4.39 Å². The summed E-state index contributed by atoms with van der Waals surface area (Å²) < 4.78 is 14.8. The summed E-state index contributed by atoms with van der Waals surface area (Å²) in [5.74, 6) is 0.809. The quantitative estimate of drug-likeness (QED) is 0.572. The number of fused-ring (bicyclic) bond motifs is 1. The van der Waals surface area contributed by atoms with Gasteiger partial charge < -0.3 is 5.32 Å². The minimum Gasteiger partial charge on any atom is -0.354 e. The van der Waals surface area contributed by atoms with E-state index in [1.54, 1.807) is 24.7 Å². The zero-order chi connectivity index (χ0) is 17.9. The lowest BCUT2D eigenvalue weighted by Gasteiger charge is -2.09. The van der Waals surface area contributed by atoms with Crippen LogP contribution >= 0.6 is 11.6 Å². The first-order valence-corrected chi connectivity index (χ1v) is 8.52. The smallest absolute Gasteiger partial charge is 0.224 e. The molecule has 0 radical (unpaired) electrons. The van der Waals surface area contributed by atoms with Crippen molar-refractivity contribution >= 4 is 28.6 Å². The van der Waals surface area contributed by atoms with Gasteiger partial charge in [0.15, 0.2) is 5.82 Å². The SMILES string of the molecule is Fc1ccc(CCNc2ncc(Cl)c(-n3cnc4ccccc43)n2)cc1. The third-order valence-electron chi connectivity index (χ3n) is 4.02. The molecule has 0 aliphatic carbocycles. The van der Waals surface area contributed by atoms with Gasteiger partial charge in [0.1, 0.15) is 17.2 Å². The van der Waals surface area contributed by atoms with Crippen LogP contribution in [-0.4, -0.2) is 26.1 Å². The number of hydrogen-bond acceptors (Lipinski definition) is 4. The molecule has 0 aliphatic heterocycles. The van der Waals surface area contributed by atoms with Crippen molar-refractivity contribution in [3.63, 3.8) is 0 Å². The van der Waals surface area contributed by atoms with Crippen LogP contribution in [0.5, 0.6) is 0 Å². The first-order chi connectivity index (χ1) is 12.7. The molecule has 0 bridgehead atoms. The van der Waals surface area contributed by atoms with Gasteiger partial charge in [-0.1, -0.05) is 35.9 Å². The Morgan fingerprint density at radius 3 is 2.69 bits per heavy atom. The van der Waals surface area contributed by atoms with Crippen molar-refractivity contribution in [2.45, 2.75) is 6.42 Å². The summed E-state index contributed by atoms with van der Waals surface area (Å²) in [7, 11) is 0. The standard InChI is InChI=1S/C19H15ClFN5/c20-15-11-23-19(22-10-9-13-5-7-14(21)8-6-13)25-18(15)26-12-24-16-3-1-2-4-17(16)26/h1-8,11-12H,9-10H2,(H,22,23,25). The van der Waals surface area contributed by atoms with Gasteiger partial charge in [-0.2, -0.15) is 4.98 Å². The molecule has 2 aromatic heterocycles. The molecular formula is C19H15ClFN5. The van der Waals surface area contributed by atoms with E-state index in [4.69, 9.17) is 11.6 Å². The molecule has 5 nitrogen and oxygen atoms in total. The highest BCUT2D eigenvalue weighted by atomic mass is 35.5. The largest absolute Gasteiger partial charge is 0.354 e. The van der Waals surface area contributed by atoms with Gasteiger partial charge in [0, 0.05) is 6.54 Å². The molecule has 7 heteroatoms. The first kappa shape index (κ1) is 16.5. The normalized spacial score (nSPS) is 11.0. The number of benzene rings is 2. The van der Waals surface area contributed by atoms with E-state index in [1.807, 2.05) is 28.8 Å². The number of nitrogens with zero attached hydrogens (tertiary/aromatic N) is 4. The van der Waals surface area contributed by atoms with Crippen molar-refractivity contribution in [1.29, 1.82) is 0 Å². The highest BCUT2D eigenvalue weighted by Gasteiger charge is 2.11. The average molecular weight is 368 g/mol. The molecule has 0 aliphatic rings.